The fraction of sp³-hybridized carbons (Fsp3) is 0.600. The molecule has 1 aliphatic heterocycles. The van der Waals surface area contributed by atoms with E-state index in [1.165, 1.54) is 24.8 Å². The molecule has 0 aliphatic carbocycles. The van der Waals surface area contributed by atoms with Gasteiger partial charge in [-0.05, 0) is 37.0 Å². The molecule has 0 spiro atoms. The molecule has 3 nitrogen and oxygen atoms in total. The van der Waals surface area contributed by atoms with Crippen LogP contribution in [0.25, 0.3) is 0 Å². The third kappa shape index (κ3) is 3.47. The van der Waals surface area contributed by atoms with Gasteiger partial charge in [-0.1, -0.05) is 25.8 Å². The van der Waals surface area contributed by atoms with Crippen LogP contribution in [-0.2, 0) is 15.9 Å². The second kappa shape index (κ2) is 6.76. The maximum atomic E-state index is 10.0. The van der Waals surface area contributed by atoms with E-state index in [2.05, 4.69) is 13.0 Å². The SMILES string of the molecule is CCCCCc1ccc(C2OCCCO2)c(O)c1. The lowest BCUT2D eigenvalue weighted by atomic mass is 10.0. The third-order valence-electron chi connectivity index (χ3n) is 3.24. The first-order valence-electron chi connectivity index (χ1n) is 6.86. The minimum absolute atomic E-state index is 0.288. The normalized spacial score (nSPS) is 16.9. The van der Waals surface area contributed by atoms with Gasteiger partial charge in [-0.15, -0.1) is 0 Å². The van der Waals surface area contributed by atoms with Crippen LogP contribution in [0.1, 0.15) is 50.0 Å². The standard InChI is InChI=1S/C15H22O3/c1-2-3-4-6-12-7-8-13(14(16)11-12)15-17-9-5-10-18-15/h7-8,11,15-16H,2-6,9-10H2,1H3. The highest BCUT2D eigenvalue weighted by atomic mass is 16.7. The molecular formula is C15H22O3. The molecule has 18 heavy (non-hydrogen) atoms. The summed E-state index contributed by atoms with van der Waals surface area (Å²) in [5, 5.41) is 10.0. The number of aromatic hydroxyl groups is 1. The molecule has 1 aliphatic rings. The zero-order chi connectivity index (χ0) is 12.8. The molecule has 0 amide bonds. The molecule has 0 aromatic heterocycles. The van der Waals surface area contributed by atoms with Gasteiger partial charge in [0.25, 0.3) is 0 Å². The van der Waals surface area contributed by atoms with Crippen molar-refractivity contribution >= 4 is 0 Å². The van der Waals surface area contributed by atoms with Gasteiger partial charge < -0.3 is 14.6 Å². The van der Waals surface area contributed by atoms with Gasteiger partial charge in [-0.2, -0.15) is 0 Å². The lowest BCUT2D eigenvalue weighted by molar-refractivity contribution is -0.183. The number of ether oxygens (including phenoxy) is 2. The highest BCUT2D eigenvalue weighted by Gasteiger charge is 2.19. The van der Waals surface area contributed by atoms with Crippen molar-refractivity contribution < 1.29 is 14.6 Å². The Kier molecular flexibility index (Phi) is 5.02. The molecule has 0 atom stereocenters. The van der Waals surface area contributed by atoms with E-state index in [-0.39, 0.29) is 5.75 Å². The molecule has 100 valence electrons. The molecule has 0 saturated carbocycles. The molecule has 0 radical (unpaired) electrons. The van der Waals surface area contributed by atoms with Gasteiger partial charge in [-0.3, -0.25) is 0 Å². The molecule has 1 aromatic rings. The van der Waals surface area contributed by atoms with Gasteiger partial charge in [-0.25, -0.2) is 0 Å². The van der Waals surface area contributed by atoms with Gasteiger partial charge in [0.05, 0.1) is 13.2 Å². The van der Waals surface area contributed by atoms with Crippen molar-refractivity contribution in [3.05, 3.63) is 29.3 Å². The lowest BCUT2D eigenvalue weighted by Gasteiger charge is -2.24. The Hall–Kier alpha value is -1.06. The van der Waals surface area contributed by atoms with Crippen LogP contribution in [-0.4, -0.2) is 18.3 Å². The predicted octanol–water partition coefficient (Wildman–Crippen LogP) is 3.56. The number of rotatable bonds is 5. The molecule has 3 heteroatoms. The fourth-order valence-corrected chi connectivity index (χ4v) is 2.19. The van der Waals surface area contributed by atoms with Gasteiger partial charge >= 0.3 is 0 Å². The minimum atomic E-state index is -0.400. The van der Waals surface area contributed by atoms with Crippen molar-refractivity contribution in [3.8, 4) is 5.75 Å². The molecule has 0 bridgehead atoms. The Morgan fingerprint density at radius 1 is 1.22 bits per heavy atom. The zero-order valence-electron chi connectivity index (χ0n) is 11.0. The van der Waals surface area contributed by atoms with Gasteiger partial charge in [0, 0.05) is 5.56 Å². The van der Waals surface area contributed by atoms with Crippen molar-refractivity contribution in [2.75, 3.05) is 13.2 Å². The summed E-state index contributed by atoms with van der Waals surface area (Å²) in [6.45, 7) is 3.59. The molecule has 1 N–H and O–H groups in total. The number of phenolic OH excluding ortho intramolecular Hbond substituents is 1. The van der Waals surface area contributed by atoms with Crippen LogP contribution < -0.4 is 0 Å². The number of hydrogen-bond acceptors (Lipinski definition) is 3. The van der Waals surface area contributed by atoms with Gasteiger partial charge in [0.2, 0.25) is 0 Å². The van der Waals surface area contributed by atoms with Crippen molar-refractivity contribution in [2.45, 2.75) is 45.3 Å². The van der Waals surface area contributed by atoms with Crippen LogP contribution in [0, 0.1) is 0 Å². The van der Waals surface area contributed by atoms with Crippen molar-refractivity contribution in [1.82, 2.24) is 0 Å². The Balaban J connectivity index is 2.00. The van der Waals surface area contributed by atoms with Crippen LogP contribution in [0.2, 0.25) is 0 Å². The molecule has 1 aromatic carbocycles. The van der Waals surface area contributed by atoms with Crippen molar-refractivity contribution in [2.24, 2.45) is 0 Å². The predicted molar refractivity (Wildman–Crippen MR) is 70.6 cm³/mol. The van der Waals surface area contributed by atoms with Crippen LogP contribution in [0.3, 0.4) is 0 Å². The number of hydrogen-bond donors (Lipinski definition) is 1. The van der Waals surface area contributed by atoms with Crippen LogP contribution >= 0.6 is 0 Å². The number of benzene rings is 1. The number of phenols is 1. The molecule has 1 heterocycles. The summed E-state index contributed by atoms with van der Waals surface area (Å²) in [7, 11) is 0. The smallest absolute Gasteiger partial charge is 0.187 e. The average Bonchev–Trinajstić information content (AvgIpc) is 2.40. The van der Waals surface area contributed by atoms with E-state index >= 15 is 0 Å². The maximum absolute atomic E-state index is 10.0. The maximum Gasteiger partial charge on any atom is 0.187 e. The summed E-state index contributed by atoms with van der Waals surface area (Å²) in [5.41, 5.74) is 1.93. The third-order valence-corrected chi connectivity index (χ3v) is 3.24. The Morgan fingerprint density at radius 3 is 2.67 bits per heavy atom. The summed E-state index contributed by atoms with van der Waals surface area (Å²) < 4.78 is 11.0. The largest absolute Gasteiger partial charge is 0.507 e. The van der Waals surface area contributed by atoms with Gasteiger partial charge in [0.15, 0.2) is 6.29 Å². The quantitative estimate of drug-likeness (QED) is 0.812. The summed E-state index contributed by atoms with van der Waals surface area (Å²) >= 11 is 0. The van der Waals surface area contributed by atoms with E-state index in [0.717, 1.165) is 18.4 Å². The number of unbranched alkanes of at least 4 members (excludes halogenated alkanes) is 2. The topological polar surface area (TPSA) is 38.7 Å². The highest BCUT2D eigenvalue weighted by molar-refractivity contribution is 5.37. The lowest BCUT2D eigenvalue weighted by Crippen LogP contribution is -2.17. The highest BCUT2D eigenvalue weighted by Crippen LogP contribution is 2.31. The zero-order valence-corrected chi connectivity index (χ0v) is 11.0. The Morgan fingerprint density at radius 2 is 2.00 bits per heavy atom. The molecule has 2 rings (SSSR count). The first-order chi connectivity index (χ1) is 8.81. The summed E-state index contributed by atoms with van der Waals surface area (Å²) in [5.74, 6) is 0.288. The van der Waals surface area contributed by atoms with Crippen LogP contribution in [0.15, 0.2) is 18.2 Å². The van der Waals surface area contributed by atoms with E-state index in [1.54, 1.807) is 0 Å². The summed E-state index contributed by atoms with van der Waals surface area (Å²) in [6, 6.07) is 5.82. The first-order valence-corrected chi connectivity index (χ1v) is 6.86. The fourth-order valence-electron chi connectivity index (χ4n) is 2.19. The van der Waals surface area contributed by atoms with Gasteiger partial charge in [0.1, 0.15) is 5.75 Å². The summed E-state index contributed by atoms with van der Waals surface area (Å²) in [4.78, 5) is 0. The second-order valence-electron chi connectivity index (χ2n) is 4.78. The molecule has 0 unspecified atom stereocenters. The van der Waals surface area contributed by atoms with Crippen molar-refractivity contribution in [3.63, 3.8) is 0 Å². The molecule has 1 saturated heterocycles. The van der Waals surface area contributed by atoms with E-state index in [9.17, 15) is 5.11 Å². The number of aryl methyl sites for hydroxylation is 1. The molecule has 1 fully saturated rings. The van der Waals surface area contributed by atoms with Crippen molar-refractivity contribution in [1.29, 1.82) is 0 Å². The second-order valence-corrected chi connectivity index (χ2v) is 4.78. The summed E-state index contributed by atoms with van der Waals surface area (Å²) in [6.07, 6.45) is 5.17. The van der Waals surface area contributed by atoms with Crippen LogP contribution in [0.4, 0.5) is 0 Å². The minimum Gasteiger partial charge on any atom is -0.507 e. The average molecular weight is 250 g/mol. The molecular weight excluding hydrogens is 228 g/mol. The first kappa shape index (κ1) is 13.4. The van der Waals surface area contributed by atoms with E-state index in [4.69, 9.17) is 9.47 Å². The Labute approximate surface area is 109 Å². The monoisotopic (exact) mass is 250 g/mol. The van der Waals surface area contributed by atoms with E-state index in [1.807, 2.05) is 12.1 Å². The van der Waals surface area contributed by atoms with E-state index in [0.29, 0.717) is 13.2 Å². The Bertz CT molecular complexity index is 370. The van der Waals surface area contributed by atoms with Crippen LogP contribution in [0.5, 0.6) is 5.75 Å². The van der Waals surface area contributed by atoms with E-state index < -0.39 is 6.29 Å².